The van der Waals surface area contributed by atoms with Crippen molar-refractivity contribution < 1.29 is 0 Å². The lowest BCUT2D eigenvalue weighted by atomic mass is 10.2. The third-order valence-electron chi connectivity index (χ3n) is 2.70. The van der Waals surface area contributed by atoms with E-state index >= 15 is 0 Å². The summed E-state index contributed by atoms with van der Waals surface area (Å²) in [7, 11) is 5.52. The molecular formula is C14H12N2S4. The average molecular weight is 337 g/mol. The van der Waals surface area contributed by atoms with E-state index in [-0.39, 0.29) is 0 Å². The SMILES string of the molecule is c1ccc2c(CSSSCc3cnccn3)csc2c1. The first-order valence-corrected chi connectivity index (χ1v) is 10.7. The van der Waals surface area contributed by atoms with Crippen molar-refractivity contribution in [2.75, 3.05) is 0 Å². The van der Waals surface area contributed by atoms with E-state index in [0.29, 0.717) is 0 Å². The first kappa shape index (κ1) is 14.3. The Morgan fingerprint density at radius 2 is 1.95 bits per heavy atom. The summed E-state index contributed by atoms with van der Waals surface area (Å²) in [5.41, 5.74) is 2.47. The van der Waals surface area contributed by atoms with E-state index in [0.717, 1.165) is 17.2 Å². The van der Waals surface area contributed by atoms with E-state index in [1.807, 2.05) is 48.9 Å². The summed E-state index contributed by atoms with van der Waals surface area (Å²) in [4.78, 5) is 8.33. The fourth-order valence-corrected chi connectivity index (χ4v) is 6.34. The van der Waals surface area contributed by atoms with E-state index in [1.165, 1.54) is 15.6 Å². The molecule has 0 unspecified atom stereocenters. The first-order valence-electron chi connectivity index (χ1n) is 6.04. The summed E-state index contributed by atoms with van der Waals surface area (Å²) >= 11 is 1.83. The molecule has 0 aliphatic rings. The Morgan fingerprint density at radius 3 is 2.85 bits per heavy atom. The van der Waals surface area contributed by atoms with Gasteiger partial charge in [0.1, 0.15) is 0 Å². The normalized spacial score (nSPS) is 11.0. The molecule has 0 aliphatic heterocycles. The molecule has 0 amide bonds. The van der Waals surface area contributed by atoms with Crippen molar-refractivity contribution in [1.29, 1.82) is 0 Å². The molecule has 0 saturated carbocycles. The standard InChI is InChI=1S/C14H12N2S4/c1-2-4-14-13(3-1)11(8-17-14)9-18-20-19-10-12-7-15-5-6-16-12/h1-8H,9-10H2. The van der Waals surface area contributed by atoms with Crippen molar-refractivity contribution in [3.8, 4) is 0 Å². The molecule has 2 nitrogen and oxygen atoms in total. The third kappa shape index (κ3) is 3.69. The predicted molar refractivity (Wildman–Crippen MR) is 94.0 cm³/mol. The van der Waals surface area contributed by atoms with Crippen molar-refractivity contribution in [3.05, 3.63) is 59.5 Å². The van der Waals surface area contributed by atoms with Gasteiger partial charge in [0, 0.05) is 34.8 Å². The zero-order chi connectivity index (χ0) is 13.6. The molecule has 6 heteroatoms. The fourth-order valence-electron chi connectivity index (χ4n) is 1.76. The van der Waals surface area contributed by atoms with Gasteiger partial charge < -0.3 is 0 Å². The lowest BCUT2D eigenvalue weighted by Gasteiger charge is -2.00. The zero-order valence-electron chi connectivity index (χ0n) is 10.6. The van der Waals surface area contributed by atoms with Crippen molar-refractivity contribution in [2.24, 2.45) is 0 Å². The average Bonchev–Trinajstić information content (AvgIpc) is 2.91. The smallest absolute Gasteiger partial charge is 0.0694 e. The fraction of sp³-hybridized carbons (Fsp3) is 0.143. The summed E-state index contributed by atoms with van der Waals surface area (Å²) in [6.45, 7) is 0. The highest BCUT2D eigenvalue weighted by Crippen LogP contribution is 2.40. The molecule has 2 heterocycles. The van der Waals surface area contributed by atoms with Crippen molar-refractivity contribution in [1.82, 2.24) is 9.97 Å². The van der Waals surface area contributed by atoms with Gasteiger partial charge in [0.2, 0.25) is 0 Å². The lowest BCUT2D eigenvalue weighted by Crippen LogP contribution is -1.84. The molecule has 3 aromatic rings. The van der Waals surface area contributed by atoms with Crippen LogP contribution in [0.3, 0.4) is 0 Å². The van der Waals surface area contributed by atoms with E-state index in [2.05, 4.69) is 39.6 Å². The van der Waals surface area contributed by atoms with Gasteiger partial charge >= 0.3 is 0 Å². The largest absolute Gasteiger partial charge is 0.261 e. The minimum absolute atomic E-state index is 0.899. The van der Waals surface area contributed by atoms with Crippen molar-refractivity contribution in [3.63, 3.8) is 0 Å². The number of benzene rings is 1. The summed E-state index contributed by atoms with van der Waals surface area (Å²) in [5, 5.41) is 3.66. The number of hydrogen-bond donors (Lipinski definition) is 0. The topological polar surface area (TPSA) is 25.8 Å². The highest BCUT2D eigenvalue weighted by molar-refractivity contribution is 9.09. The number of hydrogen-bond acceptors (Lipinski definition) is 6. The van der Waals surface area contributed by atoms with Crippen LogP contribution in [0.1, 0.15) is 11.3 Å². The van der Waals surface area contributed by atoms with Gasteiger partial charge in [0.05, 0.1) is 5.69 Å². The second-order valence-corrected chi connectivity index (χ2v) is 9.19. The number of thiophene rings is 1. The molecule has 0 aliphatic carbocycles. The molecule has 3 rings (SSSR count). The molecular weight excluding hydrogens is 324 g/mol. The van der Waals surface area contributed by atoms with Gasteiger partial charge in [-0.25, -0.2) is 0 Å². The molecule has 0 saturated heterocycles. The van der Waals surface area contributed by atoms with Crippen molar-refractivity contribution in [2.45, 2.75) is 11.5 Å². The summed E-state index contributed by atoms with van der Waals surface area (Å²) in [6, 6.07) is 8.60. The Labute approximate surface area is 133 Å². The summed E-state index contributed by atoms with van der Waals surface area (Å²) in [6.07, 6.45) is 5.27. The minimum Gasteiger partial charge on any atom is -0.261 e. The van der Waals surface area contributed by atoms with Crippen LogP contribution in [0.5, 0.6) is 0 Å². The maximum Gasteiger partial charge on any atom is 0.0694 e. The molecule has 20 heavy (non-hydrogen) atoms. The van der Waals surface area contributed by atoms with E-state index in [4.69, 9.17) is 0 Å². The second kappa shape index (κ2) is 7.36. The van der Waals surface area contributed by atoms with E-state index < -0.39 is 0 Å². The quantitative estimate of drug-likeness (QED) is 0.442. The maximum atomic E-state index is 4.26. The number of rotatable bonds is 6. The lowest BCUT2D eigenvalue weighted by molar-refractivity contribution is 1.10. The van der Waals surface area contributed by atoms with Gasteiger partial charge in [-0.1, -0.05) is 39.8 Å². The molecule has 1 aromatic carbocycles. The van der Waals surface area contributed by atoms with Gasteiger partial charge in [0.15, 0.2) is 0 Å². The van der Waals surface area contributed by atoms with Crippen LogP contribution in [-0.2, 0) is 11.5 Å². The molecule has 0 bridgehead atoms. The molecule has 0 N–H and O–H groups in total. The van der Waals surface area contributed by atoms with Gasteiger partial charge in [-0.2, -0.15) is 0 Å². The number of aromatic nitrogens is 2. The second-order valence-electron chi connectivity index (χ2n) is 4.05. The molecule has 0 fully saturated rings. The van der Waals surface area contributed by atoms with Crippen LogP contribution < -0.4 is 0 Å². The minimum atomic E-state index is 0.899. The highest BCUT2D eigenvalue weighted by atomic mass is 33.5. The zero-order valence-corrected chi connectivity index (χ0v) is 13.8. The molecule has 2 aromatic heterocycles. The van der Waals surface area contributed by atoms with Crippen LogP contribution in [0.4, 0.5) is 0 Å². The molecule has 102 valence electrons. The van der Waals surface area contributed by atoms with Crippen LogP contribution in [0.25, 0.3) is 10.1 Å². The molecule has 0 radical (unpaired) electrons. The van der Waals surface area contributed by atoms with E-state index in [9.17, 15) is 0 Å². The van der Waals surface area contributed by atoms with Crippen LogP contribution in [0.15, 0.2) is 48.2 Å². The van der Waals surface area contributed by atoms with Crippen LogP contribution >= 0.6 is 42.8 Å². The Morgan fingerprint density at radius 1 is 1.05 bits per heavy atom. The maximum absolute atomic E-state index is 4.26. The third-order valence-corrected chi connectivity index (χ3v) is 7.76. The number of nitrogens with zero attached hydrogens (tertiary/aromatic N) is 2. The highest BCUT2D eigenvalue weighted by Gasteiger charge is 2.04. The summed E-state index contributed by atoms with van der Waals surface area (Å²) in [5.74, 6) is 1.94. The number of fused-ring (bicyclic) bond motifs is 1. The Hall–Kier alpha value is -0.690. The Balaban J connectivity index is 1.46. The van der Waals surface area contributed by atoms with Gasteiger partial charge in [-0.3, -0.25) is 9.97 Å². The van der Waals surface area contributed by atoms with Crippen LogP contribution in [0, 0.1) is 0 Å². The van der Waals surface area contributed by atoms with Gasteiger partial charge in [-0.15, -0.1) is 11.3 Å². The Bertz CT molecular complexity index is 669. The monoisotopic (exact) mass is 336 g/mol. The van der Waals surface area contributed by atoms with Gasteiger partial charge in [0.25, 0.3) is 0 Å². The van der Waals surface area contributed by atoms with E-state index in [1.54, 1.807) is 12.4 Å². The van der Waals surface area contributed by atoms with Gasteiger partial charge in [-0.05, 0) is 32.2 Å². The first-order chi connectivity index (χ1) is 9.93. The Kier molecular flexibility index (Phi) is 5.24. The molecule has 0 atom stereocenters. The molecule has 0 spiro atoms. The summed E-state index contributed by atoms with van der Waals surface area (Å²) < 4.78 is 1.38. The van der Waals surface area contributed by atoms with Crippen molar-refractivity contribution >= 4 is 52.8 Å². The van der Waals surface area contributed by atoms with Crippen LogP contribution in [-0.4, -0.2) is 9.97 Å². The predicted octanol–water partition coefficient (Wildman–Crippen LogP) is 5.42. The van der Waals surface area contributed by atoms with Crippen LogP contribution in [0.2, 0.25) is 0 Å².